The van der Waals surface area contributed by atoms with Gasteiger partial charge in [-0.15, -0.1) is 0 Å². The van der Waals surface area contributed by atoms with Crippen LogP contribution >= 0.6 is 0 Å². The summed E-state index contributed by atoms with van der Waals surface area (Å²) in [7, 11) is 0. The van der Waals surface area contributed by atoms with E-state index in [2.05, 4.69) is 48.5 Å². The summed E-state index contributed by atoms with van der Waals surface area (Å²) < 4.78 is 11.2. The topological polar surface area (TPSA) is 22.9 Å². The number of benzene rings is 2. The molecule has 0 radical (unpaired) electrons. The first-order valence-electron chi connectivity index (χ1n) is 8.11. The molecule has 2 aromatic carbocycles. The fourth-order valence-electron chi connectivity index (χ4n) is 2.80. The lowest BCUT2D eigenvalue weighted by atomic mass is 10.1. The highest BCUT2D eigenvalue weighted by Crippen LogP contribution is 2.21. The molecule has 0 saturated carbocycles. The van der Waals surface area contributed by atoms with Crippen molar-refractivity contribution in [2.24, 2.45) is 0 Å². The Kier molecular flexibility index (Phi) is 5.46. The monoisotopic (exact) mass is 298 g/mol. The van der Waals surface area contributed by atoms with E-state index in [0.717, 1.165) is 45.1 Å². The Hall–Kier alpha value is -1.84. The second-order valence-corrected chi connectivity index (χ2v) is 5.70. The predicted molar refractivity (Wildman–Crippen MR) is 88.4 cm³/mol. The van der Waals surface area contributed by atoms with E-state index in [1.807, 2.05) is 6.07 Å². The van der Waals surface area contributed by atoms with Crippen molar-refractivity contribution in [3.8, 4) is 16.9 Å². The van der Waals surface area contributed by atoms with E-state index in [9.17, 15) is 0 Å². The predicted octanol–water partition coefficient (Wildman–Crippen LogP) is 2.04. The van der Waals surface area contributed by atoms with Crippen LogP contribution < -0.4 is 9.64 Å². The lowest BCUT2D eigenvalue weighted by Crippen LogP contribution is -3.14. The molecule has 1 saturated heterocycles. The van der Waals surface area contributed by atoms with Gasteiger partial charge in [-0.05, 0) is 23.3 Å². The van der Waals surface area contributed by atoms with Crippen LogP contribution in [0.15, 0.2) is 54.6 Å². The van der Waals surface area contributed by atoms with E-state index in [1.54, 1.807) is 4.90 Å². The molecule has 0 unspecified atom stereocenters. The highest BCUT2D eigenvalue weighted by molar-refractivity contribution is 5.63. The Morgan fingerprint density at radius 2 is 1.55 bits per heavy atom. The number of rotatable bonds is 6. The highest BCUT2D eigenvalue weighted by Gasteiger charge is 2.12. The molecule has 1 aliphatic heterocycles. The summed E-state index contributed by atoms with van der Waals surface area (Å²) in [5, 5.41) is 0. The minimum absolute atomic E-state index is 0.787. The van der Waals surface area contributed by atoms with Crippen LogP contribution in [0.2, 0.25) is 0 Å². The van der Waals surface area contributed by atoms with Gasteiger partial charge in [0.1, 0.15) is 18.8 Å². The van der Waals surface area contributed by atoms with Gasteiger partial charge >= 0.3 is 0 Å². The largest absolute Gasteiger partial charge is 0.493 e. The second-order valence-electron chi connectivity index (χ2n) is 5.70. The van der Waals surface area contributed by atoms with Crippen LogP contribution in [0.1, 0.15) is 6.42 Å². The molecular weight excluding hydrogens is 274 g/mol. The number of hydrogen-bond acceptors (Lipinski definition) is 2. The van der Waals surface area contributed by atoms with Crippen LogP contribution in [0.4, 0.5) is 0 Å². The SMILES string of the molecule is c1ccc(-c2ccc(OCCC[NH+]3CCOCC3)cc2)cc1. The third-order valence-electron chi connectivity index (χ3n) is 4.10. The van der Waals surface area contributed by atoms with Gasteiger partial charge in [0, 0.05) is 6.42 Å². The van der Waals surface area contributed by atoms with Crippen molar-refractivity contribution in [3.63, 3.8) is 0 Å². The average Bonchev–Trinajstić information content (AvgIpc) is 2.61. The molecule has 3 heteroatoms. The van der Waals surface area contributed by atoms with Gasteiger partial charge in [0.15, 0.2) is 0 Å². The van der Waals surface area contributed by atoms with Gasteiger partial charge in [-0.1, -0.05) is 42.5 Å². The molecule has 22 heavy (non-hydrogen) atoms. The van der Waals surface area contributed by atoms with Crippen LogP contribution in [0, 0.1) is 0 Å². The molecule has 1 fully saturated rings. The van der Waals surface area contributed by atoms with Crippen molar-refractivity contribution in [2.45, 2.75) is 6.42 Å². The van der Waals surface area contributed by atoms with Gasteiger partial charge in [-0.2, -0.15) is 0 Å². The van der Waals surface area contributed by atoms with E-state index < -0.39 is 0 Å². The Balaban J connectivity index is 1.43. The van der Waals surface area contributed by atoms with Crippen molar-refractivity contribution in [1.82, 2.24) is 0 Å². The number of morpholine rings is 1. The molecule has 0 aliphatic carbocycles. The fraction of sp³-hybridized carbons (Fsp3) is 0.368. The molecule has 0 bridgehead atoms. The highest BCUT2D eigenvalue weighted by atomic mass is 16.5. The number of hydrogen-bond donors (Lipinski definition) is 1. The molecule has 3 rings (SSSR count). The molecular formula is C19H24NO2+. The summed E-state index contributed by atoms with van der Waals surface area (Å²) in [5.74, 6) is 0.955. The van der Waals surface area contributed by atoms with Crippen LogP contribution in [-0.2, 0) is 4.74 Å². The number of nitrogens with one attached hydrogen (secondary N) is 1. The fourth-order valence-corrected chi connectivity index (χ4v) is 2.80. The Bertz CT molecular complexity index is 547. The molecule has 3 nitrogen and oxygen atoms in total. The number of ether oxygens (including phenoxy) is 2. The molecule has 0 atom stereocenters. The summed E-state index contributed by atoms with van der Waals surface area (Å²) in [4.78, 5) is 1.63. The minimum Gasteiger partial charge on any atom is -0.493 e. The van der Waals surface area contributed by atoms with Crippen LogP contribution in [0.3, 0.4) is 0 Å². The maximum atomic E-state index is 5.84. The summed E-state index contributed by atoms with van der Waals surface area (Å²) >= 11 is 0. The van der Waals surface area contributed by atoms with Crippen molar-refractivity contribution < 1.29 is 14.4 Å². The van der Waals surface area contributed by atoms with Crippen LogP contribution in [-0.4, -0.2) is 39.5 Å². The molecule has 2 aromatic rings. The smallest absolute Gasteiger partial charge is 0.119 e. The van der Waals surface area contributed by atoms with E-state index >= 15 is 0 Å². The average molecular weight is 298 g/mol. The van der Waals surface area contributed by atoms with Gasteiger partial charge in [0.2, 0.25) is 0 Å². The van der Waals surface area contributed by atoms with Gasteiger partial charge in [-0.25, -0.2) is 0 Å². The lowest BCUT2D eigenvalue weighted by molar-refractivity contribution is -0.908. The first kappa shape index (κ1) is 15.1. The molecule has 1 N–H and O–H groups in total. The third kappa shape index (κ3) is 4.33. The van der Waals surface area contributed by atoms with Gasteiger partial charge in [-0.3, -0.25) is 0 Å². The van der Waals surface area contributed by atoms with Crippen molar-refractivity contribution in [3.05, 3.63) is 54.6 Å². The van der Waals surface area contributed by atoms with Gasteiger partial charge in [0.25, 0.3) is 0 Å². The zero-order valence-electron chi connectivity index (χ0n) is 13.0. The van der Waals surface area contributed by atoms with Gasteiger partial charge < -0.3 is 14.4 Å². The van der Waals surface area contributed by atoms with Crippen LogP contribution in [0.5, 0.6) is 5.75 Å². The first-order chi connectivity index (χ1) is 10.9. The molecule has 116 valence electrons. The maximum Gasteiger partial charge on any atom is 0.119 e. The van der Waals surface area contributed by atoms with E-state index in [4.69, 9.17) is 9.47 Å². The first-order valence-corrected chi connectivity index (χ1v) is 8.11. The van der Waals surface area contributed by atoms with Crippen LogP contribution in [0.25, 0.3) is 11.1 Å². The summed E-state index contributed by atoms with van der Waals surface area (Å²) in [6.07, 6.45) is 1.09. The summed E-state index contributed by atoms with van der Waals surface area (Å²) in [6, 6.07) is 18.8. The van der Waals surface area contributed by atoms with E-state index in [-0.39, 0.29) is 0 Å². The zero-order chi connectivity index (χ0) is 15.0. The Labute approximate surface area is 132 Å². The second kappa shape index (κ2) is 7.97. The van der Waals surface area contributed by atoms with E-state index in [1.165, 1.54) is 17.7 Å². The normalized spacial score (nSPS) is 15.6. The molecule has 1 heterocycles. The molecule has 0 spiro atoms. The van der Waals surface area contributed by atoms with E-state index in [0.29, 0.717) is 0 Å². The quantitative estimate of drug-likeness (QED) is 0.825. The van der Waals surface area contributed by atoms with Crippen molar-refractivity contribution in [2.75, 3.05) is 39.5 Å². The third-order valence-corrected chi connectivity index (χ3v) is 4.10. The summed E-state index contributed by atoms with van der Waals surface area (Å²) in [6.45, 7) is 6.02. The lowest BCUT2D eigenvalue weighted by Gasteiger charge is -2.23. The Morgan fingerprint density at radius 3 is 2.27 bits per heavy atom. The van der Waals surface area contributed by atoms with Gasteiger partial charge in [0.05, 0.1) is 26.4 Å². The minimum atomic E-state index is 0.787. The van der Waals surface area contributed by atoms with Crippen molar-refractivity contribution >= 4 is 0 Å². The summed E-state index contributed by atoms with van der Waals surface area (Å²) in [5.41, 5.74) is 2.47. The molecule has 0 aromatic heterocycles. The molecule has 0 amide bonds. The van der Waals surface area contributed by atoms with Crippen molar-refractivity contribution in [1.29, 1.82) is 0 Å². The number of quaternary nitrogens is 1. The Morgan fingerprint density at radius 1 is 0.864 bits per heavy atom. The molecule has 1 aliphatic rings. The standard InChI is InChI=1S/C19H23NO2/c1-2-5-17(6-3-1)18-7-9-19(10-8-18)22-14-4-11-20-12-15-21-16-13-20/h1-3,5-10H,4,11-16H2/p+1. The maximum absolute atomic E-state index is 5.84. The zero-order valence-corrected chi connectivity index (χ0v) is 13.0.